The van der Waals surface area contributed by atoms with Crippen molar-refractivity contribution in [2.75, 3.05) is 34.0 Å². The van der Waals surface area contributed by atoms with Gasteiger partial charge in [-0.1, -0.05) is 26.3 Å². The van der Waals surface area contributed by atoms with Crippen molar-refractivity contribution in [1.82, 2.24) is 20.1 Å². The van der Waals surface area contributed by atoms with Gasteiger partial charge in [0.15, 0.2) is 11.6 Å². The van der Waals surface area contributed by atoms with Crippen LogP contribution < -0.4 is 15.4 Å². The molecule has 2 aromatic carbocycles. The molecule has 3 amide bonds. The van der Waals surface area contributed by atoms with E-state index in [1.807, 2.05) is 44.3 Å². The minimum Gasteiger partial charge on any atom is -0.464 e. The molecule has 2 aliphatic carbocycles. The van der Waals surface area contributed by atoms with Crippen LogP contribution in [0.1, 0.15) is 118 Å². The number of alkyl carbamates (subject to hydrolysis) is 2. The molecule has 2 aromatic heterocycles. The van der Waals surface area contributed by atoms with Gasteiger partial charge >= 0.3 is 12.2 Å². The van der Waals surface area contributed by atoms with Crippen LogP contribution in [0.25, 0.3) is 33.3 Å². The maximum Gasteiger partial charge on any atom is 0.407 e. The minimum absolute atomic E-state index is 0. The highest BCUT2D eigenvalue weighted by Crippen LogP contribution is 2.52. The number of likely N-dealkylation sites (tertiary alicyclic amines) is 1. The molecule has 410 valence electrons. The van der Waals surface area contributed by atoms with E-state index in [1.165, 1.54) is 25.2 Å². The third kappa shape index (κ3) is 11.1. The van der Waals surface area contributed by atoms with E-state index in [-0.39, 0.29) is 112 Å². The first-order valence-corrected chi connectivity index (χ1v) is 26.3. The Hall–Kier alpha value is -4.80. The summed E-state index contributed by atoms with van der Waals surface area (Å²) in [5.41, 5.74) is 5.38. The van der Waals surface area contributed by atoms with Crippen molar-refractivity contribution in [3.63, 3.8) is 0 Å². The lowest BCUT2D eigenvalue weighted by Gasteiger charge is -2.32. The molecule has 4 fully saturated rings. The van der Waals surface area contributed by atoms with Gasteiger partial charge in [-0.2, -0.15) is 54.0 Å². The molecule has 6 atom stereocenters. The summed E-state index contributed by atoms with van der Waals surface area (Å²) < 4.78 is 58.5. The molecule has 21 heteroatoms. The van der Waals surface area contributed by atoms with E-state index in [0.29, 0.717) is 80.7 Å². The van der Waals surface area contributed by atoms with E-state index in [4.69, 9.17) is 28.9 Å². The zero-order valence-electron chi connectivity index (χ0n) is 43.0. The Bertz CT molecular complexity index is 3000. The maximum absolute atomic E-state index is 17.5. The van der Waals surface area contributed by atoms with Crippen LogP contribution in [0.3, 0.4) is 0 Å². The second-order valence-electron chi connectivity index (χ2n) is 20.6. The van der Waals surface area contributed by atoms with E-state index in [0.717, 1.165) is 65.1 Å². The standard InChI is InChI=1S/C55H60F2N6O8S.4H2S/c1-28(2)48(60-54(66)68-3)52(65)62-18-6-9-42(62)40-24-34(27-59-40)32-22-38(56)46-43(25-32)71-53(45-15-14-44(72-45)29-10-11-29)63-41-13-12-31(21-37(41)47(57)50(46)63)33-23-39(58-26-33)35-7-5-8-36(35)51(64)49(61-55(67)69-4)30-16-19-70-20-17-30;;;;/h12-15,21-22,25-30,35-36,42,48-49,53H,5-11,16-20,23-24H2,1-4H3,(H,60,66)(H,61,67);4*1H2/t35-,36?,42+,48+,49+,53?;;;;/m1..../s1. The fourth-order valence-corrected chi connectivity index (χ4v) is 13.2. The predicted octanol–water partition coefficient (Wildman–Crippen LogP) is 10.8. The van der Waals surface area contributed by atoms with E-state index in [9.17, 15) is 19.2 Å². The summed E-state index contributed by atoms with van der Waals surface area (Å²) in [7, 11) is 2.57. The zero-order chi connectivity index (χ0) is 49.9. The van der Waals surface area contributed by atoms with Crippen molar-refractivity contribution in [1.29, 1.82) is 0 Å². The number of rotatable bonds is 13. The number of fused-ring (bicyclic) bond motifs is 5. The normalized spacial score (nSPS) is 22.4. The van der Waals surface area contributed by atoms with Gasteiger partial charge in [0.2, 0.25) is 12.1 Å². The highest BCUT2D eigenvalue weighted by Gasteiger charge is 2.44. The van der Waals surface area contributed by atoms with Gasteiger partial charge in [-0.3, -0.25) is 24.1 Å². The Morgan fingerprint density at radius 2 is 1.46 bits per heavy atom. The minimum atomic E-state index is -0.775. The summed E-state index contributed by atoms with van der Waals surface area (Å²) in [4.78, 5) is 66.4. The summed E-state index contributed by atoms with van der Waals surface area (Å²) in [6.07, 6.45) is 9.77. The third-order valence-corrected chi connectivity index (χ3v) is 17.2. The number of benzene rings is 2. The van der Waals surface area contributed by atoms with Crippen LogP contribution in [0.15, 0.2) is 64.8 Å². The lowest BCUT2D eigenvalue weighted by molar-refractivity contribution is -0.134. The number of Topliss-reactive ketones (excluding diaryl/α,β-unsaturated/α-hetero) is 1. The SMILES string of the molecule is COC(=O)N[C@H](C(=O)N1CCC[C@H]1C1=NC=C(c2cc(F)c3c(c2)OC(c2ccc(C4CC4)s2)n2c-3c(F)c3cc(C4=CN=C([C@@H]5CCCC5C(=O)[C@@H](NC(=O)OC)C5CCOCC5)C4)ccc32)C1)C(C)C.S.S.S.S. The second-order valence-corrected chi connectivity index (χ2v) is 21.8. The van der Waals surface area contributed by atoms with Crippen molar-refractivity contribution in [3.8, 4) is 17.0 Å². The van der Waals surface area contributed by atoms with Crippen LogP contribution >= 0.6 is 65.3 Å². The lowest BCUT2D eigenvalue weighted by atomic mass is 9.78. The van der Waals surface area contributed by atoms with Gasteiger partial charge in [-0.15, -0.1) is 11.3 Å². The largest absolute Gasteiger partial charge is 0.464 e. The first kappa shape index (κ1) is 58.9. The van der Waals surface area contributed by atoms with Crippen molar-refractivity contribution in [2.24, 2.45) is 33.7 Å². The average Bonchev–Trinajstić information content (AvgIpc) is 4.11. The summed E-state index contributed by atoms with van der Waals surface area (Å²) in [6.45, 7) is 5.34. The predicted molar refractivity (Wildman–Crippen MR) is 312 cm³/mol. The number of allylic oxidation sites excluding steroid dienone is 2. The number of aromatic nitrogens is 1. The van der Waals surface area contributed by atoms with Crippen LogP contribution in [0.2, 0.25) is 0 Å². The monoisotopic (exact) mass is 1140 g/mol. The molecule has 2 unspecified atom stereocenters. The number of amides is 3. The van der Waals surface area contributed by atoms with E-state index in [2.05, 4.69) is 16.7 Å². The molecular formula is C55H68F2N6O8S5. The van der Waals surface area contributed by atoms with Gasteiger partial charge in [0.25, 0.3) is 0 Å². The Labute approximate surface area is 473 Å². The fraction of sp³-hybridized carbons (Fsp3) is 0.491. The van der Waals surface area contributed by atoms with E-state index in [1.54, 1.807) is 33.1 Å². The second kappa shape index (κ2) is 24.5. The number of methoxy groups -OCH3 is 2. The van der Waals surface area contributed by atoms with Crippen LogP contribution in [-0.4, -0.2) is 96.9 Å². The van der Waals surface area contributed by atoms with Crippen LogP contribution in [0.4, 0.5) is 18.4 Å². The van der Waals surface area contributed by atoms with Crippen LogP contribution in [0, 0.1) is 35.3 Å². The van der Waals surface area contributed by atoms with Crippen LogP contribution in [-0.2, 0) is 23.8 Å². The van der Waals surface area contributed by atoms with Crippen LogP contribution in [0.5, 0.6) is 5.75 Å². The average molecular weight is 1140 g/mol. The molecule has 2 saturated carbocycles. The van der Waals surface area contributed by atoms with Crippen molar-refractivity contribution >= 4 is 123 Å². The molecule has 2 N–H and O–H groups in total. The number of halogens is 2. The number of thiophene rings is 1. The van der Waals surface area contributed by atoms with Gasteiger partial charge in [0, 0.05) is 78.5 Å². The first-order chi connectivity index (χ1) is 34.9. The molecule has 0 radical (unpaired) electrons. The molecule has 0 spiro atoms. The Morgan fingerprint density at radius 3 is 2.17 bits per heavy atom. The van der Waals surface area contributed by atoms with Crippen molar-refractivity contribution < 1.29 is 46.9 Å². The third-order valence-electron chi connectivity index (χ3n) is 16.0. The van der Waals surface area contributed by atoms with E-state index < -0.39 is 42.1 Å². The number of aliphatic imine (C=N–C) groups is 2. The van der Waals surface area contributed by atoms with Gasteiger partial charge < -0.3 is 34.5 Å². The lowest BCUT2D eigenvalue weighted by Crippen LogP contribution is -2.53. The summed E-state index contributed by atoms with van der Waals surface area (Å²) in [5.74, 6) is -1.28. The smallest absolute Gasteiger partial charge is 0.407 e. The zero-order valence-corrected chi connectivity index (χ0v) is 47.8. The topological polar surface area (TPSA) is 162 Å². The van der Waals surface area contributed by atoms with Gasteiger partial charge in [-0.05, 0) is 128 Å². The molecule has 11 rings (SSSR count). The number of nitrogens with one attached hydrogen (secondary N) is 2. The van der Waals surface area contributed by atoms with Gasteiger partial charge in [-0.25, -0.2) is 18.4 Å². The molecule has 7 heterocycles. The number of nitrogens with zero attached hydrogens (tertiary/aromatic N) is 4. The number of carbonyl (C=O) groups is 4. The number of hydrogen-bond donors (Lipinski definition) is 2. The molecule has 2 saturated heterocycles. The maximum atomic E-state index is 17.5. The Kier molecular flexibility index (Phi) is 19.0. The molecular weight excluding hydrogens is 1070 g/mol. The molecule has 0 bridgehead atoms. The van der Waals surface area contributed by atoms with Crippen molar-refractivity contribution in [3.05, 3.63) is 87.4 Å². The molecule has 5 aliphatic heterocycles. The van der Waals surface area contributed by atoms with Gasteiger partial charge in [0.05, 0.1) is 48.0 Å². The quantitative estimate of drug-likeness (QED) is 0.134. The highest BCUT2D eigenvalue weighted by atomic mass is 32.1. The molecule has 14 nitrogen and oxygen atoms in total. The Balaban J connectivity index is 0.00000210. The summed E-state index contributed by atoms with van der Waals surface area (Å²) >= 11 is 1.64. The van der Waals surface area contributed by atoms with Gasteiger partial charge in [0.1, 0.15) is 17.6 Å². The molecule has 76 heavy (non-hydrogen) atoms. The number of carbonyl (C=O) groups excluding carboxylic acids is 4. The summed E-state index contributed by atoms with van der Waals surface area (Å²) in [5, 5.41) is 5.88. The number of ketones is 1. The van der Waals surface area contributed by atoms with Crippen molar-refractivity contribution in [2.45, 2.75) is 115 Å². The molecule has 4 aromatic rings. The first-order valence-electron chi connectivity index (χ1n) is 25.5. The summed E-state index contributed by atoms with van der Waals surface area (Å²) in [6, 6.07) is 11.3. The number of ether oxygens (including phenoxy) is 4. The molecule has 7 aliphatic rings. The fourth-order valence-electron chi connectivity index (χ4n) is 12.0. The highest BCUT2D eigenvalue weighted by molar-refractivity contribution is 7.59. The number of hydrogen-bond acceptors (Lipinski definition) is 11. The van der Waals surface area contributed by atoms with E-state index >= 15 is 8.78 Å². The Morgan fingerprint density at radius 1 is 0.776 bits per heavy atom.